The molecule has 1 aromatic heterocycles. The molecule has 0 aliphatic carbocycles. The lowest BCUT2D eigenvalue weighted by Crippen LogP contribution is -2.35. The number of amides is 1. The molecule has 22 heavy (non-hydrogen) atoms. The van der Waals surface area contributed by atoms with Crippen LogP contribution in [0.5, 0.6) is 0 Å². The van der Waals surface area contributed by atoms with Crippen molar-refractivity contribution in [3.8, 4) is 5.69 Å². The first-order valence-corrected chi connectivity index (χ1v) is 7.96. The molecule has 2 rings (SSSR count). The summed E-state index contributed by atoms with van der Waals surface area (Å²) in [6, 6.07) is 10.3. The van der Waals surface area contributed by atoms with Gasteiger partial charge in [0.2, 0.25) is 5.91 Å². The van der Waals surface area contributed by atoms with Crippen LogP contribution in [-0.4, -0.2) is 21.7 Å². The van der Waals surface area contributed by atoms with E-state index >= 15 is 0 Å². The standard InChI is InChI=1S/C18H25N3O/c1-5-15(6-2)19-18(22)12-17-13(3)20-21(14(17)4)16-10-8-7-9-11-16/h7-11,15H,5-6,12H2,1-4H3,(H,19,22). The fourth-order valence-electron chi connectivity index (χ4n) is 2.68. The topological polar surface area (TPSA) is 46.9 Å². The van der Waals surface area contributed by atoms with Crippen LogP contribution in [0.3, 0.4) is 0 Å². The summed E-state index contributed by atoms with van der Waals surface area (Å²) in [4.78, 5) is 12.2. The van der Waals surface area contributed by atoms with Crippen molar-refractivity contribution in [2.75, 3.05) is 0 Å². The van der Waals surface area contributed by atoms with Crippen LogP contribution in [0, 0.1) is 13.8 Å². The predicted molar refractivity (Wildman–Crippen MR) is 89.3 cm³/mol. The first-order valence-electron chi connectivity index (χ1n) is 7.96. The zero-order valence-corrected chi connectivity index (χ0v) is 13.9. The lowest BCUT2D eigenvalue weighted by molar-refractivity contribution is -0.121. The summed E-state index contributed by atoms with van der Waals surface area (Å²) in [5.41, 5.74) is 3.99. The van der Waals surface area contributed by atoms with E-state index in [9.17, 15) is 4.79 Å². The van der Waals surface area contributed by atoms with Gasteiger partial charge in [0.15, 0.2) is 0 Å². The van der Waals surface area contributed by atoms with E-state index in [1.807, 2.05) is 48.9 Å². The molecule has 0 unspecified atom stereocenters. The highest BCUT2D eigenvalue weighted by Gasteiger charge is 2.17. The molecule has 0 saturated heterocycles. The van der Waals surface area contributed by atoms with E-state index in [-0.39, 0.29) is 11.9 Å². The van der Waals surface area contributed by atoms with Crippen molar-refractivity contribution in [1.29, 1.82) is 0 Å². The van der Waals surface area contributed by atoms with E-state index in [0.29, 0.717) is 6.42 Å². The normalized spacial score (nSPS) is 11.0. The molecule has 118 valence electrons. The van der Waals surface area contributed by atoms with Gasteiger partial charge in [-0.05, 0) is 38.8 Å². The largest absolute Gasteiger partial charge is 0.353 e. The van der Waals surface area contributed by atoms with Crippen molar-refractivity contribution >= 4 is 5.91 Å². The summed E-state index contributed by atoms with van der Waals surface area (Å²) >= 11 is 0. The maximum Gasteiger partial charge on any atom is 0.224 e. The molecule has 1 heterocycles. The van der Waals surface area contributed by atoms with Gasteiger partial charge in [-0.2, -0.15) is 5.10 Å². The first kappa shape index (κ1) is 16.3. The Bertz CT molecular complexity index is 627. The molecule has 0 fully saturated rings. The first-order chi connectivity index (χ1) is 10.6. The third kappa shape index (κ3) is 3.56. The van der Waals surface area contributed by atoms with Crippen LogP contribution in [0.4, 0.5) is 0 Å². The van der Waals surface area contributed by atoms with Crippen LogP contribution in [0.15, 0.2) is 30.3 Å². The number of hydrogen-bond donors (Lipinski definition) is 1. The third-order valence-electron chi connectivity index (χ3n) is 4.13. The van der Waals surface area contributed by atoms with Gasteiger partial charge in [-0.3, -0.25) is 4.79 Å². The van der Waals surface area contributed by atoms with Crippen LogP contribution in [-0.2, 0) is 11.2 Å². The Balaban J connectivity index is 2.19. The fraction of sp³-hybridized carbons (Fsp3) is 0.444. The van der Waals surface area contributed by atoms with Crippen LogP contribution in [0.25, 0.3) is 5.69 Å². The Morgan fingerprint density at radius 3 is 2.41 bits per heavy atom. The average molecular weight is 299 g/mol. The summed E-state index contributed by atoms with van der Waals surface area (Å²) in [6.07, 6.45) is 2.31. The van der Waals surface area contributed by atoms with Crippen molar-refractivity contribution in [3.63, 3.8) is 0 Å². The predicted octanol–water partition coefficient (Wildman–Crippen LogP) is 3.34. The number of aryl methyl sites for hydroxylation is 1. The zero-order valence-electron chi connectivity index (χ0n) is 13.9. The van der Waals surface area contributed by atoms with Gasteiger partial charge in [0.1, 0.15) is 0 Å². The van der Waals surface area contributed by atoms with Gasteiger partial charge < -0.3 is 5.32 Å². The number of carbonyl (C=O) groups is 1. The summed E-state index contributed by atoms with van der Waals surface area (Å²) in [5, 5.41) is 7.68. The molecule has 1 N–H and O–H groups in total. The Labute approximate surface area is 132 Å². The second-order valence-corrected chi connectivity index (χ2v) is 5.65. The van der Waals surface area contributed by atoms with Crippen molar-refractivity contribution < 1.29 is 4.79 Å². The monoisotopic (exact) mass is 299 g/mol. The Hall–Kier alpha value is -2.10. The molecule has 4 heteroatoms. The Morgan fingerprint density at radius 2 is 1.82 bits per heavy atom. The Morgan fingerprint density at radius 1 is 1.18 bits per heavy atom. The number of rotatable bonds is 6. The highest BCUT2D eigenvalue weighted by molar-refractivity contribution is 5.79. The molecule has 0 aliphatic rings. The van der Waals surface area contributed by atoms with Gasteiger partial charge in [0.05, 0.1) is 17.8 Å². The van der Waals surface area contributed by atoms with E-state index in [1.165, 1.54) is 0 Å². The van der Waals surface area contributed by atoms with Gasteiger partial charge in [-0.25, -0.2) is 4.68 Å². The van der Waals surface area contributed by atoms with E-state index in [4.69, 9.17) is 0 Å². The molecule has 1 aromatic carbocycles. The smallest absolute Gasteiger partial charge is 0.224 e. The molecule has 0 saturated carbocycles. The number of carbonyl (C=O) groups excluding carboxylic acids is 1. The third-order valence-corrected chi connectivity index (χ3v) is 4.13. The molecule has 2 aromatic rings. The van der Waals surface area contributed by atoms with Crippen LogP contribution in [0.1, 0.15) is 43.6 Å². The average Bonchev–Trinajstić information content (AvgIpc) is 2.81. The number of para-hydroxylation sites is 1. The second-order valence-electron chi connectivity index (χ2n) is 5.65. The number of benzene rings is 1. The van der Waals surface area contributed by atoms with Gasteiger partial charge in [0.25, 0.3) is 0 Å². The minimum atomic E-state index is 0.0764. The lowest BCUT2D eigenvalue weighted by atomic mass is 10.1. The number of aromatic nitrogens is 2. The van der Waals surface area contributed by atoms with Gasteiger partial charge in [-0.1, -0.05) is 32.0 Å². The van der Waals surface area contributed by atoms with E-state index in [0.717, 1.165) is 35.5 Å². The van der Waals surface area contributed by atoms with E-state index in [2.05, 4.69) is 24.3 Å². The van der Waals surface area contributed by atoms with Crippen LogP contribution in [0.2, 0.25) is 0 Å². The second kappa shape index (κ2) is 7.25. The summed E-state index contributed by atoms with van der Waals surface area (Å²) in [5.74, 6) is 0.0764. The maximum atomic E-state index is 12.2. The number of hydrogen-bond acceptors (Lipinski definition) is 2. The SMILES string of the molecule is CCC(CC)NC(=O)Cc1c(C)nn(-c2ccccc2)c1C. The molecular weight excluding hydrogens is 274 g/mol. The number of nitrogens with one attached hydrogen (secondary N) is 1. The molecule has 0 atom stereocenters. The molecule has 1 amide bonds. The van der Waals surface area contributed by atoms with Crippen LogP contribution < -0.4 is 5.32 Å². The van der Waals surface area contributed by atoms with Crippen molar-refractivity contribution in [2.45, 2.75) is 53.0 Å². The Kier molecular flexibility index (Phi) is 5.36. The highest BCUT2D eigenvalue weighted by Crippen LogP contribution is 2.18. The van der Waals surface area contributed by atoms with Gasteiger partial charge in [-0.15, -0.1) is 0 Å². The molecule has 0 radical (unpaired) electrons. The highest BCUT2D eigenvalue weighted by atomic mass is 16.1. The quantitative estimate of drug-likeness (QED) is 0.889. The minimum Gasteiger partial charge on any atom is -0.353 e. The maximum absolute atomic E-state index is 12.2. The van der Waals surface area contributed by atoms with E-state index in [1.54, 1.807) is 0 Å². The van der Waals surface area contributed by atoms with Gasteiger partial charge >= 0.3 is 0 Å². The lowest BCUT2D eigenvalue weighted by Gasteiger charge is -2.14. The molecule has 0 bridgehead atoms. The summed E-state index contributed by atoms with van der Waals surface area (Å²) < 4.78 is 1.91. The molecule has 0 spiro atoms. The van der Waals surface area contributed by atoms with Crippen LogP contribution >= 0.6 is 0 Å². The van der Waals surface area contributed by atoms with Crippen molar-refractivity contribution in [3.05, 3.63) is 47.3 Å². The van der Waals surface area contributed by atoms with Gasteiger partial charge in [0, 0.05) is 17.3 Å². The summed E-state index contributed by atoms with van der Waals surface area (Å²) in [7, 11) is 0. The van der Waals surface area contributed by atoms with E-state index < -0.39 is 0 Å². The summed E-state index contributed by atoms with van der Waals surface area (Å²) in [6.45, 7) is 8.18. The molecule has 4 nitrogen and oxygen atoms in total. The number of nitrogens with zero attached hydrogens (tertiary/aromatic N) is 2. The molecule has 0 aliphatic heterocycles. The molecular formula is C18H25N3O. The van der Waals surface area contributed by atoms with Crippen molar-refractivity contribution in [1.82, 2.24) is 15.1 Å². The minimum absolute atomic E-state index is 0.0764. The fourth-order valence-corrected chi connectivity index (χ4v) is 2.68. The zero-order chi connectivity index (χ0) is 16.1. The van der Waals surface area contributed by atoms with Crippen molar-refractivity contribution in [2.24, 2.45) is 0 Å².